The summed E-state index contributed by atoms with van der Waals surface area (Å²) in [5, 5.41) is 16.2. The van der Waals surface area contributed by atoms with Crippen LogP contribution in [0.2, 0.25) is 5.02 Å². The Bertz CT molecular complexity index is 1010. The van der Waals surface area contributed by atoms with Gasteiger partial charge in [-0.2, -0.15) is 0 Å². The molecule has 2 amide bonds. The fraction of sp³-hybridized carbons (Fsp3) is 0.333. The maximum absolute atomic E-state index is 12.7. The van der Waals surface area contributed by atoms with Gasteiger partial charge in [-0.05, 0) is 25.0 Å². The van der Waals surface area contributed by atoms with Crippen LogP contribution in [0.15, 0.2) is 18.2 Å². The lowest BCUT2D eigenvalue weighted by atomic mass is 10.0. The molecule has 0 aliphatic carbocycles. The molecule has 10 nitrogen and oxygen atoms in total. The van der Waals surface area contributed by atoms with Crippen LogP contribution in [0.1, 0.15) is 39.6 Å². The SMILES string of the molecule is COC(=O)c1sc(NC(=O)[C@@H](NC(=O)c2ccc(Cl)c([N+](=O)[O-])c2)C(C)C)nc1C. The van der Waals surface area contributed by atoms with Crippen LogP contribution in [0.5, 0.6) is 0 Å². The summed E-state index contributed by atoms with van der Waals surface area (Å²) >= 11 is 6.72. The number of esters is 1. The lowest BCUT2D eigenvalue weighted by molar-refractivity contribution is -0.384. The molecule has 0 aliphatic rings. The second kappa shape index (κ2) is 9.63. The van der Waals surface area contributed by atoms with Crippen molar-refractivity contribution in [2.45, 2.75) is 26.8 Å². The molecular weight excluding hydrogens is 436 g/mol. The molecule has 2 N–H and O–H groups in total. The zero-order chi connectivity index (χ0) is 22.6. The maximum Gasteiger partial charge on any atom is 0.350 e. The minimum absolute atomic E-state index is 0.0115. The number of rotatable bonds is 7. The molecule has 1 aromatic heterocycles. The predicted octanol–water partition coefficient (Wildman–Crippen LogP) is 3.19. The van der Waals surface area contributed by atoms with E-state index >= 15 is 0 Å². The number of carbonyl (C=O) groups excluding carboxylic acids is 3. The van der Waals surface area contributed by atoms with Gasteiger partial charge in [0.25, 0.3) is 11.6 Å². The number of carbonyl (C=O) groups is 3. The number of ether oxygens (including phenoxy) is 1. The van der Waals surface area contributed by atoms with Gasteiger partial charge in [-0.15, -0.1) is 0 Å². The zero-order valence-corrected chi connectivity index (χ0v) is 18.1. The molecule has 1 atom stereocenters. The number of nitro groups is 1. The second-order valence-electron chi connectivity index (χ2n) is 6.53. The highest BCUT2D eigenvalue weighted by molar-refractivity contribution is 7.17. The number of amides is 2. The molecule has 0 radical (unpaired) electrons. The van der Waals surface area contributed by atoms with E-state index in [1.165, 1.54) is 19.2 Å². The lowest BCUT2D eigenvalue weighted by Gasteiger charge is -2.21. The number of thiazole rings is 1. The summed E-state index contributed by atoms with van der Waals surface area (Å²) in [6.07, 6.45) is 0. The van der Waals surface area contributed by atoms with Gasteiger partial charge in [-0.1, -0.05) is 36.8 Å². The second-order valence-corrected chi connectivity index (χ2v) is 7.94. The minimum Gasteiger partial charge on any atom is -0.465 e. The van der Waals surface area contributed by atoms with E-state index in [-0.39, 0.29) is 26.5 Å². The summed E-state index contributed by atoms with van der Waals surface area (Å²) in [5.41, 5.74) is -0.0214. The Labute approximate surface area is 180 Å². The van der Waals surface area contributed by atoms with E-state index in [4.69, 9.17) is 11.6 Å². The van der Waals surface area contributed by atoms with Crippen molar-refractivity contribution in [2.75, 3.05) is 12.4 Å². The molecule has 0 aliphatic heterocycles. The van der Waals surface area contributed by atoms with Crippen molar-refractivity contribution in [1.29, 1.82) is 0 Å². The first-order valence-corrected chi connectivity index (χ1v) is 9.86. The number of nitro benzene ring substituents is 1. The maximum atomic E-state index is 12.7. The third-order valence-electron chi connectivity index (χ3n) is 4.04. The first kappa shape index (κ1) is 23.2. The van der Waals surface area contributed by atoms with Gasteiger partial charge < -0.3 is 15.4 Å². The van der Waals surface area contributed by atoms with Crippen molar-refractivity contribution in [3.63, 3.8) is 0 Å². The molecule has 0 unspecified atom stereocenters. The molecular formula is C18H19ClN4O6S. The summed E-state index contributed by atoms with van der Waals surface area (Å²) in [7, 11) is 1.24. The highest BCUT2D eigenvalue weighted by atomic mass is 35.5. The molecule has 0 saturated carbocycles. The van der Waals surface area contributed by atoms with Gasteiger partial charge >= 0.3 is 5.97 Å². The molecule has 1 aromatic carbocycles. The van der Waals surface area contributed by atoms with E-state index in [0.29, 0.717) is 5.69 Å². The van der Waals surface area contributed by atoms with Crippen LogP contribution in [0.4, 0.5) is 10.8 Å². The molecule has 0 saturated heterocycles. The number of nitrogens with zero attached hydrogens (tertiary/aromatic N) is 2. The van der Waals surface area contributed by atoms with E-state index in [1.54, 1.807) is 20.8 Å². The van der Waals surface area contributed by atoms with Crippen LogP contribution >= 0.6 is 22.9 Å². The monoisotopic (exact) mass is 454 g/mol. The van der Waals surface area contributed by atoms with Crippen LogP contribution in [0.25, 0.3) is 0 Å². The highest BCUT2D eigenvalue weighted by Gasteiger charge is 2.27. The van der Waals surface area contributed by atoms with E-state index in [2.05, 4.69) is 20.4 Å². The standard InChI is InChI=1S/C18H19ClN4O6S/c1-8(2)13(16(25)22-18-20-9(3)14(30-18)17(26)29-4)21-15(24)10-5-6-11(19)12(7-10)23(27)28/h5-8,13H,1-4H3,(H,21,24)(H,20,22,25)/t13-/m0/s1. The summed E-state index contributed by atoms with van der Waals surface area (Å²) < 4.78 is 4.66. The molecule has 0 bridgehead atoms. The van der Waals surface area contributed by atoms with Gasteiger partial charge in [0.05, 0.1) is 17.7 Å². The van der Waals surface area contributed by atoms with E-state index < -0.39 is 34.4 Å². The summed E-state index contributed by atoms with van der Waals surface area (Å²) in [4.78, 5) is 51.7. The Hall–Kier alpha value is -3.05. The van der Waals surface area contributed by atoms with Gasteiger partial charge in [0.15, 0.2) is 5.13 Å². The Morgan fingerprint density at radius 1 is 1.30 bits per heavy atom. The smallest absolute Gasteiger partial charge is 0.350 e. The fourth-order valence-corrected chi connectivity index (χ4v) is 3.54. The van der Waals surface area contributed by atoms with Crippen LogP contribution in [-0.2, 0) is 9.53 Å². The van der Waals surface area contributed by atoms with Crippen LogP contribution in [-0.4, -0.2) is 40.8 Å². The predicted molar refractivity (Wildman–Crippen MR) is 111 cm³/mol. The first-order chi connectivity index (χ1) is 14.0. The molecule has 30 heavy (non-hydrogen) atoms. The number of halogens is 1. The first-order valence-electron chi connectivity index (χ1n) is 8.66. The number of benzene rings is 1. The number of hydrogen-bond acceptors (Lipinski definition) is 8. The zero-order valence-electron chi connectivity index (χ0n) is 16.5. The third kappa shape index (κ3) is 5.30. The molecule has 12 heteroatoms. The van der Waals surface area contributed by atoms with Gasteiger partial charge in [0.1, 0.15) is 15.9 Å². The van der Waals surface area contributed by atoms with E-state index in [0.717, 1.165) is 17.4 Å². The van der Waals surface area contributed by atoms with Crippen LogP contribution in [0, 0.1) is 23.0 Å². The molecule has 160 valence electrons. The molecule has 0 fully saturated rings. The summed E-state index contributed by atoms with van der Waals surface area (Å²) in [6.45, 7) is 5.05. The van der Waals surface area contributed by atoms with Crippen molar-refractivity contribution < 1.29 is 24.0 Å². The van der Waals surface area contributed by atoms with Crippen molar-refractivity contribution in [1.82, 2.24) is 10.3 Å². The average molecular weight is 455 g/mol. The third-order valence-corrected chi connectivity index (χ3v) is 5.41. The van der Waals surface area contributed by atoms with Crippen LogP contribution in [0.3, 0.4) is 0 Å². The largest absolute Gasteiger partial charge is 0.465 e. The van der Waals surface area contributed by atoms with Crippen molar-refractivity contribution in [3.8, 4) is 0 Å². The minimum atomic E-state index is -0.960. The number of methoxy groups -OCH3 is 1. The highest BCUT2D eigenvalue weighted by Crippen LogP contribution is 2.26. The molecule has 2 aromatic rings. The quantitative estimate of drug-likeness (QED) is 0.371. The van der Waals surface area contributed by atoms with Crippen molar-refractivity contribution in [3.05, 3.63) is 49.5 Å². The van der Waals surface area contributed by atoms with Gasteiger partial charge in [-0.25, -0.2) is 9.78 Å². The van der Waals surface area contributed by atoms with Crippen molar-refractivity contribution >= 4 is 51.5 Å². The molecule has 1 heterocycles. The Balaban J connectivity index is 2.19. The summed E-state index contributed by atoms with van der Waals surface area (Å²) in [5.74, 6) is -2.10. The Morgan fingerprint density at radius 3 is 2.53 bits per heavy atom. The average Bonchev–Trinajstić information content (AvgIpc) is 3.04. The number of hydrogen-bond donors (Lipinski definition) is 2. The molecule has 2 rings (SSSR count). The van der Waals surface area contributed by atoms with E-state index in [9.17, 15) is 24.5 Å². The summed E-state index contributed by atoms with van der Waals surface area (Å²) in [6, 6.07) is 2.65. The number of nitrogens with one attached hydrogen (secondary N) is 2. The fourth-order valence-electron chi connectivity index (χ4n) is 2.47. The Kier molecular flexibility index (Phi) is 7.46. The normalized spacial score (nSPS) is 11.7. The number of aromatic nitrogens is 1. The van der Waals surface area contributed by atoms with E-state index in [1.807, 2.05) is 0 Å². The number of anilines is 1. The molecule has 0 spiro atoms. The van der Waals surface area contributed by atoms with Crippen LogP contribution < -0.4 is 10.6 Å². The van der Waals surface area contributed by atoms with Gasteiger partial charge in [-0.3, -0.25) is 19.7 Å². The Morgan fingerprint density at radius 2 is 1.97 bits per heavy atom. The van der Waals surface area contributed by atoms with Gasteiger partial charge in [0, 0.05) is 11.6 Å². The number of aryl methyl sites for hydroxylation is 1. The lowest BCUT2D eigenvalue weighted by Crippen LogP contribution is -2.47. The van der Waals surface area contributed by atoms with Gasteiger partial charge in [0.2, 0.25) is 5.91 Å². The van der Waals surface area contributed by atoms with Crippen molar-refractivity contribution in [2.24, 2.45) is 5.92 Å². The topological polar surface area (TPSA) is 141 Å².